The molecule has 22 heavy (non-hydrogen) atoms. The topological polar surface area (TPSA) is 80.2 Å². The number of hydrogen-bond acceptors (Lipinski definition) is 5. The SMILES string of the molecule is C/C(=N/Nc1cccc(C(=O)O)c1)c1ccc2c(c1)OCO2. The Balaban J connectivity index is 1.77. The fourth-order valence-corrected chi connectivity index (χ4v) is 2.06. The summed E-state index contributed by atoms with van der Waals surface area (Å²) >= 11 is 0. The third-order valence-electron chi connectivity index (χ3n) is 3.25. The maximum Gasteiger partial charge on any atom is 0.335 e. The van der Waals surface area contributed by atoms with Crippen LogP contribution in [-0.4, -0.2) is 23.6 Å². The van der Waals surface area contributed by atoms with Crippen molar-refractivity contribution in [3.63, 3.8) is 0 Å². The van der Waals surface area contributed by atoms with Crippen LogP contribution in [0.1, 0.15) is 22.8 Å². The zero-order valence-corrected chi connectivity index (χ0v) is 11.9. The molecule has 0 bridgehead atoms. The summed E-state index contributed by atoms with van der Waals surface area (Å²) in [6.07, 6.45) is 0. The number of nitrogens with zero attached hydrogens (tertiary/aromatic N) is 1. The Kier molecular flexibility index (Phi) is 3.65. The first-order valence-electron chi connectivity index (χ1n) is 6.67. The summed E-state index contributed by atoms with van der Waals surface area (Å²) in [5.41, 5.74) is 5.32. The number of hydrogen-bond donors (Lipinski definition) is 2. The van der Waals surface area contributed by atoms with E-state index in [1.54, 1.807) is 12.1 Å². The van der Waals surface area contributed by atoms with Crippen molar-refractivity contribution in [1.82, 2.24) is 0 Å². The zero-order chi connectivity index (χ0) is 15.5. The molecule has 3 rings (SSSR count). The van der Waals surface area contributed by atoms with Gasteiger partial charge in [-0.2, -0.15) is 5.10 Å². The van der Waals surface area contributed by atoms with Crippen molar-refractivity contribution in [1.29, 1.82) is 0 Å². The van der Waals surface area contributed by atoms with Gasteiger partial charge < -0.3 is 14.6 Å². The van der Waals surface area contributed by atoms with Gasteiger partial charge in [-0.3, -0.25) is 5.43 Å². The number of carbonyl (C=O) groups is 1. The van der Waals surface area contributed by atoms with Crippen LogP contribution in [0.3, 0.4) is 0 Å². The Labute approximate surface area is 127 Å². The van der Waals surface area contributed by atoms with Crippen molar-refractivity contribution in [3.8, 4) is 11.5 Å². The second kappa shape index (κ2) is 5.77. The number of fused-ring (bicyclic) bond motifs is 1. The predicted molar refractivity (Wildman–Crippen MR) is 81.8 cm³/mol. The van der Waals surface area contributed by atoms with E-state index in [0.717, 1.165) is 17.0 Å². The van der Waals surface area contributed by atoms with E-state index in [0.29, 0.717) is 11.4 Å². The summed E-state index contributed by atoms with van der Waals surface area (Å²) in [5, 5.41) is 13.2. The molecule has 2 aromatic carbocycles. The number of nitrogens with one attached hydrogen (secondary N) is 1. The minimum atomic E-state index is -0.972. The quantitative estimate of drug-likeness (QED) is 0.670. The van der Waals surface area contributed by atoms with E-state index in [4.69, 9.17) is 14.6 Å². The standard InChI is InChI=1S/C16H14N2O4/c1-10(11-5-6-14-15(8-11)22-9-21-14)17-18-13-4-2-3-12(7-13)16(19)20/h2-8,18H,9H2,1H3,(H,19,20)/b17-10-. The summed E-state index contributed by atoms with van der Waals surface area (Å²) in [5.74, 6) is 0.443. The first-order valence-corrected chi connectivity index (χ1v) is 6.67. The van der Waals surface area contributed by atoms with Gasteiger partial charge in [0.1, 0.15) is 0 Å². The molecule has 0 radical (unpaired) electrons. The van der Waals surface area contributed by atoms with Crippen molar-refractivity contribution < 1.29 is 19.4 Å². The fraction of sp³-hybridized carbons (Fsp3) is 0.125. The van der Waals surface area contributed by atoms with Gasteiger partial charge in [-0.1, -0.05) is 6.07 Å². The summed E-state index contributed by atoms with van der Waals surface area (Å²) in [6, 6.07) is 12.1. The Morgan fingerprint density at radius 3 is 2.77 bits per heavy atom. The van der Waals surface area contributed by atoms with Crippen molar-refractivity contribution in [2.75, 3.05) is 12.2 Å². The number of benzene rings is 2. The lowest BCUT2D eigenvalue weighted by molar-refractivity contribution is 0.0697. The number of carboxylic acids is 1. The third kappa shape index (κ3) is 2.85. The molecule has 0 unspecified atom stereocenters. The van der Waals surface area contributed by atoms with Gasteiger partial charge in [-0.25, -0.2) is 4.79 Å². The van der Waals surface area contributed by atoms with Crippen LogP contribution in [0.2, 0.25) is 0 Å². The molecule has 6 heteroatoms. The number of anilines is 1. The number of rotatable bonds is 4. The number of hydrazone groups is 1. The Bertz CT molecular complexity index is 756. The predicted octanol–water partition coefficient (Wildman–Crippen LogP) is 2.95. The molecule has 0 aliphatic carbocycles. The smallest absolute Gasteiger partial charge is 0.335 e. The van der Waals surface area contributed by atoms with Gasteiger partial charge in [-0.05, 0) is 43.3 Å². The van der Waals surface area contributed by atoms with Crippen LogP contribution in [-0.2, 0) is 0 Å². The molecule has 112 valence electrons. The molecule has 0 saturated heterocycles. The molecule has 0 fully saturated rings. The monoisotopic (exact) mass is 298 g/mol. The van der Waals surface area contributed by atoms with Crippen molar-refractivity contribution in [3.05, 3.63) is 53.6 Å². The lowest BCUT2D eigenvalue weighted by Gasteiger charge is -2.05. The molecule has 2 aromatic rings. The summed E-state index contributed by atoms with van der Waals surface area (Å²) in [4.78, 5) is 10.9. The average Bonchev–Trinajstić information content (AvgIpc) is 3.00. The van der Waals surface area contributed by atoms with Crippen molar-refractivity contribution in [2.45, 2.75) is 6.92 Å². The van der Waals surface area contributed by atoms with E-state index in [9.17, 15) is 4.79 Å². The summed E-state index contributed by atoms with van der Waals surface area (Å²) in [7, 11) is 0. The first-order chi connectivity index (χ1) is 10.6. The van der Waals surface area contributed by atoms with Crippen LogP contribution < -0.4 is 14.9 Å². The van der Waals surface area contributed by atoms with Crippen LogP contribution in [0, 0.1) is 0 Å². The highest BCUT2D eigenvalue weighted by Crippen LogP contribution is 2.32. The highest BCUT2D eigenvalue weighted by molar-refractivity contribution is 5.99. The molecule has 0 amide bonds. The van der Waals surface area contributed by atoms with Crippen molar-refractivity contribution in [2.24, 2.45) is 5.10 Å². The lowest BCUT2D eigenvalue weighted by atomic mass is 10.1. The van der Waals surface area contributed by atoms with E-state index in [1.807, 2.05) is 25.1 Å². The Hall–Kier alpha value is -3.02. The van der Waals surface area contributed by atoms with Gasteiger partial charge >= 0.3 is 5.97 Å². The molecule has 1 aliphatic heterocycles. The van der Waals surface area contributed by atoms with Crippen LogP contribution in [0.25, 0.3) is 0 Å². The molecule has 6 nitrogen and oxygen atoms in total. The third-order valence-corrected chi connectivity index (χ3v) is 3.25. The summed E-state index contributed by atoms with van der Waals surface area (Å²) < 4.78 is 10.6. The highest BCUT2D eigenvalue weighted by Gasteiger charge is 2.14. The molecule has 0 aromatic heterocycles. The highest BCUT2D eigenvalue weighted by atomic mass is 16.7. The van der Waals surface area contributed by atoms with Crippen LogP contribution in [0.4, 0.5) is 5.69 Å². The van der Waals surface area contributed by atoms with Gasteiger partial charge in [0.05, 0.1) is 17.0 Å². The normalized spacial score (nSPS) is 13.0. The second-order valence-corrected chi connectivity index (χ2v) is 4.76. The van der Waals surface area contributed by atoms with Crippen LogP contribution in [0.15, 0.2) is 47.6 Å². The minimum absolute atomic E-state index is 0.209. The fourth-order valence-electron chi connectivity index (χ4n) is 2.06. The first kappa shape index (κ1) is 13.9. The molecule has 0 saturated carbocycles. The Morgan fingerprint density at radius 2 is 1.95 bits per heavy atom. The van der Waals surface area contributed by atoms with E-state index in [-0.39, 0.29) is 12.4 Å². The molecule has 1 aliphatic rings. The number of ether oxygens (including phenoxy) is 2. The number of carboxylic acid groups (broad SMARTS) is 1. The maximum absolute atomic E-state index is 10.9. The van der Waals surface area contributed by atoms with Crippen LogP contribution >= 0.6 is 0 Å². The van der Waals surface area contributed by atoms with Gasteiger partial charge in [0.25, 0.3) is 0 Å². The largest absolute Gasteiger partial charge is 0.478 e. The lowest BCUT2D eigenvalue weighted by Crippen LogP contribution is -2.01. The second-order valence-electron chi connectivity index (χ2n) is 4.76. The van der Waals surface area contributed by atoms with Crippen molar-refractivity contribution >= 4 is 17.4 Å². The summed E-state index contributed by atoms with van der Waals surface area (Å²) in [6.45, 7) is 2.08. The van der Waals surface area contributed by atoms with E-state index < -0.39 is 5.97 Å². The molecular formula is C16H14N2O4. The molecule has 0 spiro atoms. The zero-order valence-electron chi connectivity index (χ0n) is 11.9. The maximum atomic E-state index is 10.9. The Morgan fingerprint density at radius 1 is 1.14 bits per heavy atom. The molecule has 1 heterocycles. The molecule has 2 N–H and O–H groups in total. The van der Waals surface area contributed by atoms with Gasteiger partial charge in [0.2, 0.25) is 6.79 Å². The van der Waals surface area contributed by atoms with E-state index in [2.05, 4.69) is 10.5 Å². The van der Waals surface area contributed by atoms with E-state index in [1.165, 1.54) is 12.1 Å². The molecule has 0 atom stereocenters. The minimum Gasteiger partial charge on any atom is -0.478 e. The average molecular weight is 298 g/mol. The van der Waals surface area contributed by atoms with Crippen LogP contribution in [0.5, 0.6) is 11.5 Å². The van der Waals surface area contributed by atoms with Gasteiger partial charge in [-0.15, -0.1) is 0 Å². The molecular weight excluding hydrogens is 284 g/mol. The van der Waals surface area contributed by atoms with Gasteiger partial charge in [0.15, 0.2) is 11.5 Å². The van der Waals surface area contributed by atoms with Gasteiger partial charge in [0, 0.05) is 5.56 Å². The van der Waals surface area contributed by atoms with E-state index >= 15 is 0 Å². The number of aromatic carboxylic acids is 1.